The Hall–Kier alpha value is -2.18. The standard InChI is InChI=1S/C26H34N2O3S/c1-2-25(22-15-14-20-10-5-6-11-21(20)18-22)27-26(29)23-12-9-13-24(19-23)32(30,31)28-16-7-3-4-8-17-28/h9,12-15,18-19,25H,2-8,10-11,16-17H2,1H3,(H,27,29)/t25-/m1/s1. The molecular formula is C26H34N2O3S. The van der Waals surface area contributed by atoms with Gasteiger partial charge in [-0.05, 0) is 79.8 Å². The van der Waals surface area contributed by atoms with E-state index in [1.165, 1.54) is 30.0 Å². The molecule has 0 radical (unpaired) electrons. The summed E-state index contributed by atoms with van der Waals surface area (Å²) in [6.07, 6.45) is 9.38. The first-order valence-electron chi connectivity index (χ1n) is 12.0. The van der Waals surface area contributed by atoms with E-state index in [1.54, 1.807) is 22.5 Å². The number of carbonyl (C=O) groups excluding carboxylic acids is 1. The summed E-state index contributed by atoms with van der Waals surface area (Å²) in [5.41, 5.74) is 4.33. The molecule has 0 aromatic heterocycles. The van der Waals surface area contributed by atoms with Crippen molar-refractivity contribution >= 4 is 15.9 Å². The smallest absolute Gasteiger partial charge is 0.251 e. The van der Waals surface area contributed by atoms with E-state index in [0.29, 0.717) is 18.7 Å². The number of nitrogens with one attached hydrogen (secondary N) is 1. The third kappa shape index (κ3) is 5.07. The Bertz CT molecular complexity index is 1060. The summed E-state index contributed by atoms with van der Waals surface area (Å²) in [7, 11) is -3.58. The molecule has 1 N–H and O–H groups in total. The van der Waals surface area contributed by atoms with Gasteiger partial charge in [0, 0.05) is 18.7 Å². The van der Waals surface area contributed by atoms with Crippen LogP contribution in [0, 0.1) is 0 Å². The van der Waals surface area contributed by atoms with E-state index in [0.717, 1.165) is 50.5 Å². The van der Waals surface area contributed by atoms with Gasteiger partial charge in [-0.2, -0.15) is 4.31 Å². The van der Waals surface area contributed by atoms with Gasteiger partial charge in [0.25, 0.3) is 5.91 Å². The number of benzene rings is 2. The number of fused-ring (bicyclic) bond motifs is 1. The van der Waals surface area contributed by atoms with Crippen LogP contribution in [-0.2, 0) is 22.9 Å². The molecule has 1 heterocycles. The highest BCUT2D eigenvalue weighted by Crippen LogP contribution is 2.27. The summed E-state index contributed by atoms with van der Waals surface area (Å²) in [5, 5.41) is 3.13. The Morgan fingerprint density at radius 3 is 2.38 bits per heavy atom. The van der Waals surface area contributed by atoms with Crippen LogP contribution >= 0.6 is 0 Å². The second kappa shape index (κ2) is 10.2. The lowest BCUT2D eigenvalue weighted by Gasteiger charge is -2.22. The number of amides is 1. The average molecular weight is 455 g/mol. The van der Waals surface area contributed by atoms with Gasteiger partial charge in [-0.1, -0.05) is 44.0 Å². The zero-order chi connectivity index (χ0) is 22.6. The van der Waals surface area contributed by atoms with Gasteiger partial charge in [0.1, 0.15) is 0 Å². The fourth-order valence-electron chi connectivity index (χ4n) is 4.86. The van der Waals surface area contributed by atoms with Crippen molar-refractivity contribution in [3.8, 4) is 0 Å². The molecule has 2 aliphatic rings. The molecule has 0 saturated carbocycles. The SMILES string of the molecule is CC[C@@H](NC(=O)c1cccc(S(=O)(=O)N2CCCCCC2)c1)c1ccc2c(c1)CCCC2. The first-order valence-corrected chi connectivity index (χ1v) is 13.5. The minimum absolute atomic E-state index is 0.0967. The molecule has 4 rings (SSSR count). The zero-order valence-electron chi connectivity index (χ0n) is 19.0. The number of carbonyl (C=O) groups is 1. The van der Waals surface area contributed by atoms with Gasteiger partial charge in [-0.25, -0.2) is 8.42 Å². The van der Waals surface area contributed by atoms with Crippen LogP contribution in [0.3, 0.4) is 0 Å². The highest BCUT2D eigenvalue weighted by molar-refractivity contribution is 7.89. The number of sulfonamides is 1. The summed E-state index contributed by atoms with van der Waals surface area (Å²) in [6, 6.07) is 12.9. The van der Waals surface area contributed by atoms with Gasteiger partial charge < -0.3 is 5.32 Å². The lowest BCUT2D eigenvalue weighted by Crippen LogP contribution is -2.32. The van der Waals surface area contributed by atoms with Crippen LogP contribution in [0.1, 0.15) is 85.0 Å². The fraction of sp³-hybridized carbons (Fsp3) is 0.500. The summed E-state index contributed by atoms with van der Waals surface area (Å²) in [6.45, 7) is 3.16. The van der Waals surface area contributed by atoms with E-state index in [-0.39, 0.29) is 16.8 Å². The monoisotopic (exact) mass is 454 g/mol. The Balaban J connectivity index is 1.52. The molecule has 1 aliphatic carbocycles. The molecule has 5 nitrogen and oxygen atoms in total. The van der Waals surface area contributed by atoms with Crippen molar-refractivity contribution in [2.24, 2.45) is 0 Å². The fourth-order valence-corrected chi connectivity index (χ4v) is 6.43. The van der Waals surface area contributed by atoms with Gasteiger partial charge in [0.2, 0.25) is 10.0 Å². The molecule has 2 aromatic rings. The first kappa shape index (κ1) is 23.0. The van der Waals surface area contributed by atoms with Crippen molar-refractivity contribution in [2.45, 2.75) is 75.6 Å². The van der Waals surface area contributed by atoms with E-state index in [2.05, 4.69) is 30.4 Å². The normalized spacial score (nSPS) is 18.4. The quantitative estimate of drug-likeness (QED) is 0.667. The number of aryl methyl sites for hydroxylation is 2. The molecule has 2 aromatic carbocycles. The van der Waals surface area contributed by atoms with Crippen molar-refractivity contribution in [2.75, 3.05) is 13.1 Å². The highest BCUT2D eigenvalue weighted by atomic mass is 32.2. The Morgan fingerprint density at radius 1 is 0.938 bits per heavy atom. The molecular weight excluding hydrogens is 420 g/mol. The molecule has 1 amide bonds. The van der Waals surface area contributed by atoms with Crippen LogP contribution < -0.4 is 5.32 Å². The van der Waals surface area contributed by atoms with Crippen LogP contribution in [0.15, 0.2) is 47.4 Å². The maximum absolute atomic E-state index is 13.1. The largest absolute Gasteiger partial charge is 0.345 e. The van der Waals surface area contributed by atoms with Gasteiger partial charge in [0.15, 0.2) is 0 Å². The molecule has 0 bridgehead atoms. The van der Waals surface area contributed by atoms with Crippen LogP contribution in [0.5, 0.6) is 0 Å². The van der Waals surface area contributed by atoms with Gasteiger partial charge in [-0.3, -0.25) is 4.79 Å². The van der Waals surface area contributed by atoms with Gasteiger partial charge in [0.05, 0.1) is 10.9 Å². The van der Waals surface area contributed by atoms with E-state index < -0.39 is 10.0 Å². The predicted molar refractivity (Wildman–Crippen MR) is 127 cm³/mol. The first-order chi connectivity index (χ1) is 15.5. The Morgan fingerprint density at radius 2 is 1.66 bits per heavy atom. The number of nitrogens with zero attached hydrogens (tertiary/aromatic N) is 1. The van der Waals surface area contributed by atoms with Crippen molar-refractivity contribution in [3.63, 3.8) is 0 Å². The second-order valence-corrected chi connectivity index (χ2v) is 11.0. The molecule has 0 spiro atoms. The Labute approximate surface area is 192 Å². The molecule has 1 saturated heterocycles. The summed E-state index contributed by atoms with van der Waals surface area (Å²) >= 11 is 0. The van der Waals surface area contributed by atoms with Crippen molar-refractivity contribution in [3.05, 3.63) is 64.7 Å². The molecule has 1 fully saturated rings. The number of hydrogen-bond acceptors (Lipinski definition) is 3. The highest BCUT2D eigenvalue weighted by Gasteiger charge is 2.26. The topological polar surface area (TPSA) is 66.5 Å². The van der Waals surface area contributed by atoms with Crippen LogP contribution in [0.25, 0.3) is 0 Å². The number of rotatable bonds is 6. The molecule has 1 aliphatic heterocycles. The van der Waals surface area contributed by atoms with Crippen LogP contribution in [0.2, 0.25) is 0 Å². The number of hydrogen-bond donors (Lipinski definition) is 1. The van der Waals surface area contributed by atoms with Gasteiger partial charge >= 0.3 is 0 Å². The molecule has 6 heteroatoms. The van der Waals surface area contributed by atoms with Gasteiger partial charge in [-0.15, -0.1) is 0 Å². The lowest BCUT2D eigenvalue weighted by molar-refractivity contribution is 0.0935. The third-order valence-electron chi connectivity index (χ3n) is 6.79. The van der Waals surface area contributed by atoms with E-state index >= 15 is 0 Å². The van der Waals surface area contributed by atoms with Crippen LogP contribution in [0.4, 0.5) is 0 Å². The minimum Gasteiger partial charge on any atom is -0.345 e. The van der Waals surface area contributed by atoms with E-state index in [9.17, 15) is 13.2 Å². The minimum atomic E-state index is -3.58. The maximum atomic E-state index is 13.1. The molecule has 1 atom stereocenters. The lowest BCUT2D eigenvalue weighted by atomic mass is 9.88. The second-order valence-electron chi connectivity index (χ2n) is 9.02. The molecule has 172 valence electrons. The third-order valence-corrected chi connectivity index (χ3v) is 8.68. The van der Waals surface area contributed by atoms with Crippen molar-refractivity contribution in [1.82, 2.24) is 9.62 Å². The Kier molecular flexibility index (Phi) is 7.31. The summed E-state index contributed by atoms with van der Waals surface area (Å²) in [4.78, 5) is 13.3. The van der Waals surface area contributed by atoms with Crippen molar-refractivity contribution < 1.29 is 13.2 Å². The maximum Gasteiger partial charge on any atom is 0.251 e. The molecule has 32 heavy (non-hydrogen) atoms. The van der Waals surface area contributed by atoms with E-state index in [1.807, 2.05) is 0 Å². The van der Waals surface area contributed by atoms with E-state index in [4.69, 9.17) is 0 Å². The summed E-state index contributed by atoms with van der Waals surface area (Å²) in [5.74, 6) is -0.234. The average Bonchev–Trinajstić information content (AvgIpc) is 3.12. The predicted octanol–water partition coefficient (Wildman–Crippen LogP) is 5.01. The summed E-state index contributed by atoms with van der Waals surface area (Å²) < 4.78 is 27.9. The molecule has 0 unspecified atom stereocenters. The van der Waals surface area contributed by atoms with Crippen molar-refractivity contribution in [1.29, 1.82) is 0 Å². The zero-order valence-corrected chi connectivity index (χ0v) is 19.8. The van der Waals surface area contributed by atoms with Crippen LogP contribution in [-0.4, -0.2) is 31.7 Å².